The van der Waals surface area contributed by atoms with Crippen molar-refractivity contribution in [2.24, 2.45) is 0 Å². The van der Waals surface area contributed by atoms with Gasteiger partial charge in [0.2, 0.25) is 0 Å². The minimum atomic E-state index is -1.21. The third-order valence-electron chi connectivity index (χ3n) is 5.31. The summed E-state index contributed by atoms with van der Waals surface area (Å²) in [5.74, 6) is -2.34. The molecule has 0 bridgehead atoms. The smallest absolute Gasteiger partial charge is 0.272 e. The van der Waals surface area contributed by atoms with E-state index in [4.69, 9.17) is 19.3 Å². The molecule has 0 aliphatic rings. The zero-order chi connectivity index (χ0) is 34.9. The molecule has 0 spiro atoms. The van der Waals surface area contributed by atoms with E-state index in [0.717, 1.165) is 18.2 Å². The molecule has 0 amide bonds. The quantitative estimate of drug-likeness (QED) is 0.0882. The highest BCUT2D eigenvalue weighted by Gasteiger charge is 2.12. The molecule has 0 aliphatic carbocycles. The number of aliphatic hydroxyl groups is 1. The molecule has 0 atom stereocenters. The molecule has 264 valence electrons. The van der Waals surface area contributed by atoms with Crippen LogP contribution in [0, 0.1) is 57.9 Å². The van der Waals surface area contributed by atoms with Gasteiger partial charge in [-0.25, -0.2) is 13.2 Å². The lowest BCUT2D eigenvalue weighted by Gasteiger charge is -2.08. The first kappa shape index (κ1) is 42.6. The zero-order valence-corrected chi connectivity index (χ0v) is 23.8. The summed E-state index contributed by atoms with van der Waals surface area (Å²) in [6, 6.07) is 16.4. The van der Waals surface area contributed by atoms with E-state index in [1.807, 2.05) is 0 Å². The van der Waals surface area contributed by atoms with E-state index in [-0.39, 0.29) is 64.1 Å². The van der Waals surface area contributed by atoms with Gasteiger partial charge in [-0.2, -0.15) is 0 Å². The van der Waals surface area contributed by atoms with Crippen LogP contribution < -0.4 is 14.2 Å². The SMILES string of the molecule is C.C.O=[N+]([O-])c1ccc(F)c(F)c1.O=[N+]([O-])c1ccc(OCCO)cc1.O=[N+]([O-])c1ccc(OCCOc2ccc([N+](=O)[O-])cc2F)cc1. The Labute approximate surface area is 276 Å². The number of aliphatic hydroxyl groups excluding tert-OH is 1. The van der Waals surface area contributed by atoms with Crippen molar-refractivity contribution in [2.75, 3.05) is 26.4 Å². The maximum Gasteiger partial charge on any atom is 0.272 e. The Bertz CT molecular complexity index is 1680. The second kappa shape index (κ2) is 21.4. The molecule has 19 heteroatoms. The van der Waals surface area contributed by atoms with Gasteiger partial charge in [0.1, 0.15) is 31.3 Å². The number of nitrogens with zero attached hydrogens (tertiary/aromatic N) is 4. The molecule has 0 fully saturated rings. The molecule has 1 N–H and O–H groups in total. The number of non-ortho nitro benzene ring substituents is 4. The lowest BCUT2D eigenvalue weighted by atomic mass is 10.3. The van der Waals surface area contributed by atoms with Crippen LogP contribution in [0.15, 0.2) is 84.9 Å². The maximum atomic E-state index is 13.5. The van der Waals surface area contributed by atoms with Crippen molar-refractivity contribution in [1.82, 2.24) is 0 Å². The van der Waals surface area contributed by atoms with Gasteiger partial charge in [0.05, 0.1) is 38.4 Å². The van der Waals surface area contributed by atoms with Gasteiger partial charge in [-0.15, -0.1) is 0 Å². The van der Waals surface area contributed by atoms with E-state index in [1.165, 1.54) is 54.6 Å². The molecule has 0 unspecified atom stereocenters. The summed E-state index contributed by atoms with van der Waals surface area (Å²) in [4.78, 5) is 38.7. The van der Waals surface area contributed by atoms with Crippen LogP contribution in [0.1, 0.15) is 14.9 Å². The number of ether oxygens (including phenoxy) is 3. The minimum Gasteiger partial charge on any atom is -0.491 e. The highest BCUT2D eigenvalue weighted by molar-refractivity contribution is 5.38. The maximum absolute atomic E-state index is 13.5. The van der Waals surface area contributed by atoms with E-state index >= 15 is 0 Å². The van der Waals surface area contributed by atoms with Gasteiger partial charge < -0.3 is 19.3 Å². The molecule has 0 aromatic heterocycles. The summed E-state index contributed by atoms with van der Waals surface area (Å²) in [5, 5.41) is 49.6. The Hall–Kier alpha value is -6.37. The topological polar surface area (TPSA) is 220 Å². The predicted octanol–water partition coefficient (Wildman–Crippen LogP) is 7.21. The lowest BCUT2D eigenvalue weighted by Crippen LogP contribution is -2.09. The highest BCUT2D eigenvalue weighted by atomic mass is 19.2. The van der Waals surface area contributed by atoms with Crippen LogP contribution in [0.25, 0.3) is 0 Å². The van der Waals surface area contributed by atoms with Crippen LogP contribution in [0.4, 0.5) is 35.9 Å². The van der Waals surface area contributed by atoms with Crippen molar-refractivity contribution >= 4 is 22.7 Å². The highest BCUT2D eigenvalue weighted by Crippen LogP contribution is 2.23. The summed E-state index contributed by atoms with van der Waals surface area (Å²) in [6.07, 6.45) is 0. The fourth-order valence-electron chi connectivity index (χ4n) is 3.12. The summed E-state index contributed by atoms with van der Waals surface area (Å²) in [5.41, 5.74) is -0.848. The Morgan fingerprint density at radius 2 is 0.857 bits per heavy atom. The molecule has 0 saturated carbocycles. The molecule has 0 radical (unpaired) electrons. The molecule has 4 rings (SSSR count). The predicted molar refractivity (Wildman–Crippen MR) is 169 cm³/mol. The van der Waals surface area contributed by atoms with Gasteiger partial charge >= 0.3 is 0 Å². The van der Waals surface area contributed by atoms with Crippen molar-refractivity contribution < 1.29 is 52.2 Å². The van der Waals surface area contributed by atoms with Gasteiger partial charge in [-0.3, -0.25) is 40.5 Å². The van der Waals surface area contributed by atoms with Gasteiger partial charge in [0, 0.05) is 36.4 Å². The van der Waals surface area contributed by atoms with Crippen LogP contribution >= 0.6 is 0 Å². The van der Waals surface area contributed by atoms with Crippen molar-refractivity contribution in [3.8, 4) is 17.2 Å². The number of nitro benzene ring substituents is 4. The average Bonchev–Trinajstić information content (AvgIpc) is 3.04. The monoisotopic (exact) mass is 696 g/mol. The molecule has 0 aliphatic heterocycles. The first-order chi connectivity index (χ1) is 22.3. The van der Waals surface area contributed by atoms with E-state index in [9.17, 15) is 53.6 Å². The van der Waals surface area contributed by atoms with Gasteiger partial charge in [-0.1, -0.05) is 14.9 Å². The van der Waals surface area contributed by atoms with Crippen LogP contribution in [0.5, 0.6) is 17.2 Å². The second-order valence-corrected chi connectivity index (χ2v) is 8.50. The fraction of sp³-hybridized carbons (Fsp3) is 0.200. The zero-order valence-electron chi connectivity index (χ0n) is 23.8. The molecule has 0 saturated heterocycles. The lowest BCUT2D eigenvalue weighted by molar-refractivity contribution is -0.385. The first-order valence-electron chi connectivity index (χ1n) is 12.8. The molecular weight excluding hydrogens is 665 g/mol. The van der Waals surface area contributed by atoms with Crippen LogP contribution in [-0.2, 0) is 0 Å². The molecule has 49 heavy (non-hydrogen) atoms. The first-order valence-corrected chi connectivity index (χ1v) is 12.8. The van der Waals surface area contributed by atoms with Crippen LogP contribution in [0.2, 0.25) is 0 Å². The van der Waals surface area contributed by atoms with Gasteiger partial charge in [0.25, 0.3) is 22.7 Å². The Morgan fingerprint density at radius 3 is 1.24 bits per heavy atom. The normalized spacial score (nSPS) is 9.47. The van der Waals surface area contributed by atoms with E-state index in [0.29, 0.717) is 23.6 Å². The van der Waals surface area contributed by atoms with E-state index in [2.05, 4.69) is 0 Å². The fourth-order valence-corrected chi connectivity index (χ4v) is 3.12. The standard InChI is InChI=1S/C14H11FN2O6.C8H9NO4.C6H3F2NO2.2CH4/c15-13-9-11(17(20)21)3-6-14(13)23-8-7-22-12-4-1-10(2-5-12)16(18)19;10-5-6-13-8-3-1-7(2-4-8)9(11)12;7-5-2-1-4(9(10)11)3-6(5)8;;/h1-6,9H,7-8H2;1-4,10H,5-6H2;1-3H;2*1H4. The third kappa shape index (κ3) is 14.7. The van der Waals surface area contributed by atoms with Crippen LogP contribution in [0.3, 0.4) is 0 Å². The molecule has 4 aromatic rings. The summed E-state index contributed by atoms with van der Waals surface area (Å²) in [7, 11) is 0. The Kier molecular flexibility index (Phi) is 18.6. The number of hydrogen-bond donors (Lipinski definition) is 1. The summed E-state index contributed by atoms with van der Waals surface area (Å²) < 4.78 is 53.4. The second-order valence-electron chi connectivity index (χ2n) is 8.50. The average molecular weight is 697 g/mol. The third-order valence-corrected chi connectivity index (χ3v) is 5.31. The van der Waals surface area contributed by atoms with Crippen molar-refractivity contribution in [2.45, 2.75) is 14.9 Å². The number of halogens is 3. The summed E-state index contributed by atoms with van der Waals surface area (Å²) in [6.45, 7) is 0.203. The van der Waals surface area contributed by atoms with Crippen LogP contribution in [-0.4, -0.2) is 51.2 Å². The van der Waals surface area contributed by atoms with Gasteiger partial charge in [-0.05, 0) is 36.4 Å². The molecule has 0 heterocycles. The van der Waals surface area contributed by atoms with Crippen molar-refractivity contribution in [3.05, 3.63) is 143 Å². The Morgan fingerprint density at radius 1 is 0.490 bits per heavy atom. The van der Waals surface area contributed by atoms with Crippen molar-refractivity contribution in [1.29, 1.82) is 0 Å². The number of nitro groups is 4. The summed E-state index contributed by atoms with van der Waals surface area (Å²) >= 11 is 0. The van der Waals surface area contributed by atoms with Gasteiger partial charge in [0.15, 0.2) is 23.2 Å². The molecule has 4 aromatic carbocycles. The Balaban J connectivity index is 0.000000755. The number of rotatable bonds is 12. The largest absolute Gasteiger partial charge is 0.491 e. The number of benzene rings is 4. The van der Waals surface area contributed by atoms with E-state index < -0.39 is 42.8 Å². The number of hydrogen-bond acceptors (Lipinski definition) is 12. The molecular formula is C30H31F3N4O12. The van der Waals surface area contributed by atoms with Crippen molar-refractivity contribution in [3.63, 3.8) is 0 Å². The van der Waals surface area contributed by atoms with E-state index in [1.54, 1.807) is 0 Å². The molecule has 16 nitrogen and oxygen atoms in total. The minimum absolute atomic E-state index is 0.